The summed E-state index contributed by atoms with van der Waals surface area (Å²) in [6, 6.07) is 2.45. The third-order valence-electron chi connectivity index (χ3n) is 3.69. The van der Waals surface area contributed by atoms with Gasteiger partial charge in [0.25, 0.3) is 5.56 Å². The molecule has 0 amide bonds. The maximum Gasteiger partial charge on any atom is 0.326 e. The fourth-order valence-electron chi connectivity index (χ4n) is 2.56. The largest absolute Gasteiger partial charge is 0.480 e. The molecule has 1 aliphatic heterocycles. The van der Waals surface area contributed by atoms with E-state index in [-0.39, 0.29) is 5.56 Å². The number of ether oxygens (including phenoxy) is 1. The van der Waals surface area contributed by atoms with Crippen LogP contribution in [0, 0.1) is 0 Å². The molecule has 1 unspecified atom stereocenters. The number of aliphatic carboxylic acids is 1. The molecule has 0 aliphatic carbocycles. The Morgan fingerprint density at radius 3 is 2.71 bits per heavy atom. The van der Waals surface area contributed by atoms with Crippen molar-refractivity contribution >= 4 is 5.97 Å². The number of hydrogen-bond acceptors (Lipinski definition) is 4. The minimum absolute atomic E-state index is 0.262. The second-order valence-corrected chi connectivity index (χ2v) is 5.31. The summed E-state index contributed by atoms with van der Waals surface area (Å²) in [6.07, 6.45) is 2.86. The molecule has 2 heterocycles. The quantitative estimate of drug-likeness (QED) is 0.851. The normalized spacial score (nSPS) is 17.6. The summed E-state index contributed by atoms with van der Waals surface area (Å²) < 4.78 is 6.66. The van der Waals surface area contributed by atoms with Crippen molar-refractivity contribution in [1.29, 1.82) is 0 Å². The summed E-state index contributed by atoms with van der Waals surface area (Å²) in [5.74, 6) is -0.956. The van der Waals surface area contributed by atoms with Crippen LogP contribution in [0.4, 0.5) is 0 Å². The van der Waals surface area contributed by atoms with E-state index in [1.54, 1.807) is 12.3 Å². The number of carbonyl (C=O) groups is 1. The molecule has 21 heavy (non-hydrogen) atoms. The molecule has 116 valence electrons. The molecule has 1 fully saturated rings. The summed E-state index contributed by atoms with van der Waals surface area (Å²) in [7, 11) is 0. The van der Waals surface area contributed by atoms with Gasteiger partial charge in [-0.2, -0.15) is 0 Å². The van der Waals surface area contributed by atoms with Gasteiger partial charge in [0.05, 0.1) is 13.2 Å². The molecular weight excluding hydrogens is 272 g/mol. The summed E-state index contributed by atoms with van der Waals surface area (Å²) >= 11 is 0. The van der Waals surface area contributed by atoms with Crippen molar-refractivity contribution in [3.05, 3.63) is 34.2 Å². The molecule has 1 aliphatic rings. The second-order valence-electron chi connectivity index (χ2n) is 5.31. The first-order chi connectivity index (χ1) is 10.1. The number of carboxylic acid groups (broad SMARTS) is 1. The zero-order chi connectivity index (χ0) is 15.2. The standard InChI is InChI=1S/C15H22N2O4/c1-2-3-13(15(19)20)17-11-12(4-5-14(17)18)10-16-6-8-21-9-7-16/h4-5,11,13H,2-3,6-10H2,1H3,(H,19,20). The van der Waals surface area contributed by atoms with Gasteiger partial charge >= 0.3 is 5.97 Å². The van der Waals surface area contributed by atoms with Crippen LogP contribution in [0.25, 0.3) is 0 Å². The zero-order valence-electron chi connectivity index (χ0n) is 12.3. The highest BCUT2D eigenvalue weighted by molar-refractivity contribution is 5.71. The van der Waals surface area contributed by atoms with Gasteiger partial charge in [-0.15, -0.1) is 0 Å². The van der Waals surface area contributed by atoms with E-state index in [1.165, 1.54) is 10.6 Å². The lowest BCUT2D eigenvalue weighted by atomic mass is 10.1. The SMILES string of the molecule is CCCC(C(=O)O)n1cc(CN2CCOCC2)ccc1=O. The van der Waals surface area contributed by atoms with Crippen LogP contribution in [-0.2, 0) is 16.1 Å². The van der Waals surface area contributed by atoms with E-state index in [4.69, 9.17) is 4.74 Å². The maximum absolute atomic E-state index is 12.0. The van der Waals surface area contributed by atoms with Gasteiger partial charge in [-0.25, -0.2) is 4.79 Å². The highest BCUT2D eigenvalue weighted by atomic mass is 16.5. The van der Waals surface area contributed by atoms with E-state index in [9.17, 15) is 14.7 Å². The zero-order valence-corrected chi connectivity index (χ0v) is 12.3. The molecule has 1 aromatic heterocycles. The fourth-order valence-corrected chi connectivity index (χ4v) is 2.56. The molecule has 0 bridgehead atoms. The lowest BCUT2D eigenvalue weighted by Gasteiger charge is -2.27. The number of hydrogen-bond donors (Lipinski definition) is 1. The van der Waals surface area contributed by atoms with Crippen molar-refractivity contribution in [2.75, 3.05) is 26.3 Å². The molecule has 1 saturated heterocycles. The predicted octanol–water partition coefficient (Wildman–Crippen LogP) is 1.11. The lowest BCUT2D eigenvalue weighted by Crippen LogP contribution is -2.36. The molecule has 6 nitrogen and oxygen atoms in total. The Balaban J connectivity index is 2.19. The first-order valence-electron chi connectivity index (χ1n) is 7.35. The Morgan fingerprint density at radius 2 is 2.10 bits per heavy atom. The van der Waals surface area contributed by atoms with Crippen LogP contribution in [-0.4, -0.2) is 46.8 Å². The average molecular weight is 294 g/mol. The number of rotatable bonds is 6. The Kier molecular flexibility index (Phi) is 5.52. The lowest BCUT2D eigenvalue weighted by molar-refractivity contribution is -0.141. The second kappa shape index (κ2) is 7.38. The van der Waals surface area contributed by atoms with Gasteiger partial charge in [0.2, 0.25) is 0 Å². The van der Waals surface area contributed by atoms with Gasteiger partial charge in [0.15, 0.2) is 0 Å². The summed E-state index contributed by atoms with van der Waals surface area (Å²) in [4.78, 5) is 25.5. The average Bonchev–Trinajstić information content (AvgIpc) is 2.48. The van der Waals surface area contributed by atoms with E-state index in [1.807, 2.05) is 6.92 Å². The van der Waals surface area contributed by atoms with Crippen molar-refractivity contribution in [2.45, 2.75) is 32.4 Å². The van der Waals surface area contributed by atoms with E-state index in [2.05, 4.69) is 4.90 Å². The van der Waals surface area contributed by atoms with Crippen molar-refractivity contribution in [3.63, 3.8) is 0 Å². The first kappa shape index (κ1) is 15.7. The van der Waals surface area contributed by atoms with Crippen LogP contribution in [0.15, 0.2) is 23.1 Å². The first-order valence-corrected chi connectivity index (χ1v) is 7.35. The van der Waals surface area contributed by atoms with Crippen LogP contribution in [0.3, 0.4) is 0 Å². The summed E-state index contributed by atoms with van der Waals surface area (Å²) in [5.41, 5.74) is 0.695. The molecule has 6 heteroatoms. The number of aromatic nitrogens is 1. The highest BCUT2D eigenvalue weighted by Gasteiger charge is 2.20. The number of morpholine rings is 1. The van der Waals surface area contributed by atoms with Crippen molar-refractivity contribution in [2.24, 2.45) is 0 Å². The van der Waals surface area contributed by atoms with Gasteiger partial charge in [-0.3, -0.25) is 9.69 Å². The molecule has 1 atom stereocenters. The van der Waals surface area contributed by atoms with Gasteiger partial charge in [0, 0.05) is 31.9 Å². The monoisotopic (exact) mass is 294 g/mol. The van der Waals surface area contributed by atoms with E-state index >= 15 is 0 Å². The van der Waals surface area contributed by atoms with Crippen LogP contribution >= 0.6 is 0 Å². The molecule has 0 saturated carbocycles. The molecule has 0 radical (unpaired) electrons. The fraction of sp³-hybridized carbons (Fsp3) is 0.600. The van der Waals surface area contributed by atoms with Gasteiger partial charge < -0.3 is 14.4 Å². The predicted molar refractivity (Wildman–Crippen MR) is 78.4 cm³/mol. The molecular formula is C15H22N2O4. The minimum atomic E-state index is -0.956. The van der Waals surface area contributed by atoms with Crippen LogP contribution in [0.1, 0.15) is 31.4 Å². The van der Waals surface area contributed by atoms with Crippen molar-refractivity contribution in [3.8, 4) is 0 Å². The van der Waals surface area contributed by atoms with Gasteiger partial charge in [-0.05, 0) is 12.0 Å². The third kappa shape index (κ3) is 4.15. The highest BCUT2D eigenvalue weighted by Crippen LogP contribution is 2.14. The van der Waals surface area contributed by atoms with Crippen LogP contribution < -0.4 is 5.56 Å². The summed E-state index contributed by atoms with van der Waals surface area (Å²) in [6.45, 7) is 5.77. The topological polar surface area (TPSA) is 71.8 Å². The van der Waals surface area contributed by atoms with E-state index in [0.29, 0.717) is 26.2 Å². The molecule has 1 N–H and O–H groups in total. The summed E-state index contributed by atoms with van der Waals surface area (Å²) in [5, 5.41) is 9.31. The molecule has 0 spiro atoms. The Labute approximate surface area is 123 Å². The van der Waals surface area contributed by atoms with Crippen molar-refractivity contribution in [1.82, 2.24) is 9.47 Å². The Bertz CT molecular complexity index is 535. The van der Waals surface area contributed by atoms with Gasteiger partial charge in [-0.1, -0.05) is 19.4 Å². The van der Waals surface area contributed by atoms with Crippen LogP contribution in [0.5, 0.6) is 0 Å². The minimum Gasteiger partial charge on any atom is -0.480 e. The molecule has 0 aromatic carbocycles. The van der Waals surface area contributed by atoms with E-state index in [0.717, 1.165) is 25.1 Å². The Hall–Kier alpha value is -1.66. The van der Waals surface area contributed by atoms with Crippen LogP contribution in [0.2, 0.25) is 0 Å². The molecule has 1 aromatic rings. The Morgan fingerprint density at radius 1 is 1.38 bits per heavy atom. The maximum atomic E-state index is 12.0. The van der Waals surface area contributed by atoms with Crippen molar-refractivity contribution < 1.29 is 14.6 Å². The smallest absolute Gasteiger partial charge is 0.326 e. The number of pyridine rings is 1. The number of nitrogens with zero attached hydrogens (tertiary/aromatic N) is 2. The molecule has 2 rings (SSSR count). The third-order valence-corrected chi connectivity index (χ3v) is 3.69. The van der Waals surface area contributed by atoms with E-state index < -0.39 is 12.0 Å². The van der Waals surface area contributed by atoms with Gasteiger partial charge in [0.1, 0.15) is 6.04 Å². The number of carboxylic acids is 1.